The third kappa shape index (κ3) is 2.36. The monoisotopic (exact) mass is 304 g/mol. The van der Waals surface area contributed by atoms with Crippen molar-refractivity contribution in [1.82, 2.24) is 9.97 Å². The summed E-state index contributed by atoms with van der Waals surface area (Å²) in [4.78, 5) is 7.82. The molecule has 0 N–H and O–H groups in total. The maximum absolute atomic E-state index is 13.0. The quantitative estimate of drug-likeness (QED) is 0.748. The van der Waals surface area contributed by atoms with E-state index in [9.17, 15) is 8.78 Å². The molecule has 2 nitrogen and oxygen atoms in total. The standard InChI is InChI=1S/C10H4BrClF2N2/c11-8-4-15-10(16-9(8)12)5-1-6(13)3-7(14)2-5/h1-4H. The molecular weight excluding hydrogens is 301 g/mol. The molecule has 0 spiro atoms. The van der Waals surface area contributed by atoms with Gasteiger partial charge in [-0.3, -0.25) is 0 Å². The molecule has 0 saturated heterocycles. The van der Waals surface area contributed by atoms with E-state index in [1.807, 2.05) is 0 Å². The number of rotatable bonds is 1. The van der Waals surface area contributed by atoms with Crippen molar-refractivity contribution < 1.29 is 8.78 Å². The number of benzene rings is 1. The fraction of sp³-hybridized carbons (Fsp3) is 0. The van der Waals surface area contributed by atoms with E-state index in [1.165, 1.54) is 6.20 Å². The first kappa shape index (κ1) is 11.4. The Kier molecular flexibility index (Phi) is 3.16. The van der Waals surface area contributed by atoms with Crippen LogP contribution in [0.15, 0.2) is 28.9 Å². The SMILES string of the molecule is Fc1cc(F)cc(-c2ncc(Br)c(Cl)n2)c1. The Labute approximate surface area is 103 Å². The van der Waals surface area contributed by atoms with Crippen LogP contribution in [0.3, 0.4) is 0 Å². The van der Waals surface area contributed by atoms with Gasteiger partial charge in [-0.25, -0.2) is 18.7 Å². The van der Waals surface area contributed by atoms with Gasteiger partial charge in [0.25, 0.3) is 0 Å². The predicted molar refractivity (Wildman–Crippen MR) is 60.1 cm³/mol. The van der Waals surface area contributed by atoms with Crippen LogP contribution in [0.5, 0.6) is 0 Å². The number of halogens is 4. The molecule has 0 bridgehead atoms. The van der Waals surface area contributed by atoms with E-state index in [-0.39, 0.29) is 16.5 Å². The maximum Gasteiger partial charge on any atom is 0.161 e. The summed E-state index contributed by atoms with van der Waals surface area (Å²) in [6.45, 7) is 0. The van der Waals surface area contributed by atoms with E-state index < -0.39 is 11.6 Å². The highest BCUT2D eigenvalue weighted by atomic mass is 79.9. The summed E-state index contributed by atoms with van der Waals surface area (Å²) in [6, 6.07) is 3.06. The van der Waals surface area contributed by atoms with E-state index in [0.29, 0.717) is 4.47 Å². The second kappa shape index (κ2) is 4.43. The molecule has 0 aliphatic carbocycles. The van der Waals surface area contributed by atoms with Gasteiger partial charge in [0.2, 0.25) is 0 Å². The average Bonchev–Trinajstić information content (AvgIpc) is 2.20. The van der Waals surface area contributed by atoms with Crippen LogP contribution in [0.1, 0.15) is 0 Å². The summed E-state index contributed by atoms with van der Waals surface area (Å²) in [5.41, 5.74) is 0.243. The van der Waals surface area contributed by atoms with Crippen molar-refractivity contribution >= 4 is 27.5 Å². The Morgan fingerprint density at radius 2 is 1.75 bits per heavy atom. The normalized spacial score (nSPS) is 10.5. The lowest BCUT2D eigenvalue weighted by atomic mass is 10.2. The molecule has 2 rings (SSSR count). The van der Waals surface area contributed by atoms with E-state index in [1.54, 1.807) is 0 Å². The molecular formula is C10H4BrClF2N2. The highest BCUT2D eigenvalue weighted by molar-refractivity contribution is 9.10. The minimum atomic E-state index is -0.683. The molecule has 0 atom stereocenters. The van der Waals surface area contributed by atoms with Gasteiger partial charge in [0, 0.05) is 17.8 Å². The minimum absolute atomic E-state index is 0.173. The lowest BCUT2D eigenvalue weighted by Crippen LogP contribution is -1.91. The van der Waals surface area contributed by atoms with Gasteiger partial charge in [0.05, 0.1) is 4.47 Å². The van der Waals surface area contributed by atoms with Gasteiger partial charge in [0.1, 0.15) is 16.8 Å². The predicted octanol–water partition coefficient (Wildman–Crippen LogP) is 3.84. The molecule has 16 heavy (non-hydrogen) atoms. The van der Waals surface area contributed by atoms with Crippen molar-refractivity contribution in [3.8, 4) is 11.4 Å². The third-order valence-corrected chi connectivity index (χ3v) is 2.92. The molecule has 1 aromatic heterocycles. The highest BCUT2D eigenvalue weighted by Gasteiger charge is 2.08. The largest absolute Gasteiger partial charge is 0.235 e. The van der Waals surface area contributed by atoms with Crippen LogP contribution >= 0.6 is 27.5 Å². The van der Waals surface area contributed by atoms with Crippen LogP contribution in [0, 0.1) is 11.6 Å². The van der Waals surface area contributed by atoms with Gasteiger partial charge in [-0.2, -0.15) is 0 Å². The summed E-state index contributed by atoms with van der Waals surface area (Å²) >= 11 is 8.88. The van der Waals surface area contributed by atoms with E-state index in [2.05, 4.69) is 25.9 Å². The minimum Gasteiger partial charge on any atom is -0.235 e. The van der Waals surface area contributed by atoms with Crippen molar-refractivity contribution in [2.75, 3.05) is 0 Å². The van der Waals surface area contributed by atoms with Crippen molar-refractivity contribution in [3.63, 3.8) is 0 Å². The Bertz CT molecular complexity index is 528. The molecule has 6 heteroatoms. The van der Waals surface area contributed by atoms with Gasteiger partial charge >= 0.3 is 0 Å². The van der Waals surface area contributed by atoms with Gasteiger partial charge < -0.3 is 0 Å². The molecule has 0 radical (unpaired) electrons. The second-order valence-corrected chi connectivity index (χ2v) is 4.20. The average molecular weight is 306 g/mol. The molecule has 0 unspecified atom stereocenters. The zero-order chi connectivity index (χ0) is 11.7. The lowest BCUT2D eigenvalue weighted by Gasteiger charge is -2.02. The van der Waals surface area contributed by atoms with Crippen molar-refractivity contribution in [3.05, 3.63) is 45.7 Å². The molecule has 82 valence electrons. The zero-order valence-electron chi connectivity index (χ0n) is 7.72. The van der Waals surface area contributed by atoms with Gasteiger partial charge in [-0.15, -0.1) is 0 Å². The van der Waals surface area contributed by atoms with Crippen LogP contribution < -0.4 is 0 Å². The Morgan fingerprint density at radius 1 is 1.12 bits per heavy atom. The molecule has 0 aliphatic heterocycles. The first-order valence-corrected chi connectivity index (χ1v) is 5.38. The lowest BCUT2D eigenvalue weighted by molar-refractivity contribution is 0.584. The molecule has 2 aromatic rings. The molecule has 1 heterocycles. The van der Waals surface area contributed by atoms with Crippen molar-refractivity contribution in [2.45, 2.75) is 0 Å². The summed E-state index contributed by atoms with van der Waals surface area (Å²) in [5, 5.41) is 0.190. The molecule has 0 aliphatic rings. The molecule has 0 amide bonds. The fourth-order valence-corrected chi connectivity index (χ4v) is 1.49. The zero-order valence-corrected chi connectivity index (χ0v) is 10.1. The first-order valence-electron chi connectivity index (χ1n) is 4.21. The molecule has 1 aromatic carbocycles. The summed E-state index contributed by atoms with van der Waals surface area (Å²) in [6.07, 6.45) is 1.42. The number of aromatic nitrogens is 2. The van der Waals surface area contributed by atoms with E-state index >= 15 is 0 Å². The fourth-order valence-electron chi connectivity index (χ4n) is 1.17. The second-order valence-electron chi connectivity index (χ2n) is 2.99. The van der Waals surface area contributed by atoms with Crippen LogP contribution in [0.2, 0.25) is 5.15 Å². The summed E-state index contributed by atoms with van der Waals surface area (Å²) in [7, 11) is 0. The number of nitrogens with zero attached hydrogens (tertiary/aromatic N) is 2. The summed E-state index contributed by atoms with van der Waals surface area (Å²) in [5.74, 6) is -1.19. The Morgan fingerprint density at radius 3 is 2.31 bits per heavy atom. The summed E-state index contributed by atoms with van der Waals surface area (Å²) < 4.78 is 26.4. The van der Waals surface area contributed by atoms with Gasteiger partial charge in [-0.1, -0.05) is 11.6 Å². The van der Waals surface area contributed by atoms with Crippen LogP contribution in [0.25, 0.3) is 11.4 Å². The van der Waals surface area contributed by atoms with Crippen LogP contribution in [-0.4, -0.2) is 9.97 Å². The maximum atomic E-state index is 13.0. The Hall–Kier alpha value is -1.07. The van der Waals surface area contributed by atoms with E-state index in [0.717, 1.165) is 18.2 Å². The smallest absolute Gasteiger partial charge is 0.161 e. The van der Waals surface area contributed by atoms with Crippen LogP contribution in [0.4, 0.5) is 8.78 Å². The van der Waals surface area contributed by atoms with Gasteiger partial charge in [-0.05, 0) is 28.1 Å². The first-order chi connectivity index (χ1) is 7.56. The molecule has 0 fully saturated rings. The van der Waals surface area contributed by atoms with Crippen LogP contribution in [-0.2, 0) is 0 Å². The van der Waals surface area contributed by atoms with Crippen molar-refractivity contribution in [2.24, 2.45) is 0 Å². The van der Waals surface area contributed by atoms with Gasteiger partial charge in [0.15, 0.2) is 5.82 Å². The van der Waals surface area contributed by atoms with Crippen molar-refractivity contribution in [1.29, 1.82) is 0 Å². The number of hydrogen-bond donors (Lipinski definition) is 0. The Balaban J connectivity index is 2.54. The number of hydrogen-bond acceptors (Lipinski definition) is 2. The topological polar surface area (TPSA) is 25.8 Å². The third-order valence-electron chi connectivity index (χ3n) is 1.82. The van der Waals surface area contributed by atoms with E-state index in [4.69, 9.17) is 11.6 Å². The highest BCUT2D eigenvalue weighted by Crippen LogP contribution is 2.23. The molecule has 0 saturated carbocycles.